The third kappa shape index (κ3) is 2.81. The van der Waals surface area contributed by atoms with Gasteiger partial charge in [-0.1, -0.05) is 59.6 Å². The first-order chi connectivity index (χ1) is 8.22. The second kappa shape index (κ2) is 5.54. The number of halogens is 2. The van der Waals surface area contributed by atoms with Gasteiger partial charge in [-0.3, -0.25) is 0 Å². The van der Waals surface area contributed by atoms with Crippen LogP contribution in [0.15, 0.2) is 48.5 Å². The van der Waals surface area contributed by atoms with Crippen molar-refractivity contribution in [2.75, 3.05) is 7.05 Å². The molecule has 0 amide bonds. The summed E-state index contributed by atoms with van der Waals surface area (Å²) in [4.78, 5) is 0. The Morgan fingerprint density at radius 3 is 2.18 bits per heavy atom. The average Bonchev–Trinajstić information content (AvgIpc) is 2.36. The summed E-state index contributed by atoms with van der Waals surface area (Å²) in [6.45, 7) is 0. The first-order valence-corrected chi connectivity index (χ1v) is 6.15. The molecule has 0 radical (unpaired) electrons. The molecule has 0 bridgehead atoms. The van der Waals surface area contributed by atoms with Gasteiger partial charge in [0.25, 0.3) is 0 Å². The summed E-state index contributed by atoms with van der Waals surface area (Å²) in [6, 6.07) is 16.1. The zero-order chi connectivity index (χ0) is 12.3. The first kappa shape index (κ1) is 12.4. The molecule has 88 valence electrons. The molecule has 2 rings (SSSR count). The Balaban J connectivity index is 2.39. The summed E-state index contributed by atoms with van der Waals surface area (Å²) in [5.41, 5.74) is 2.31. The largest absolute Gasteiger partial charge is 0.309 e. The molecule has 17 heavy (non-hydrogen) atoms. The lowest BCUT2D eigenvalue weighted by Crippen LogP contribution is -2.17. The van der Waals surface area contributed by atoms with Crippen LogP contribution in [0.4, 0.5) is 0 Å². The van der Waals surface area contributed by atoms with E-state index in [9.17, 15) is 0 Å². The van der Waals surface area contributed by atoms with Crippen molar-refractivity contribution in [1.82, 2.24) is 5.32 Å². The van der Waals surface area contributed by atoms with E-state index in [1.807, 2.05) is 43.4 Å². The molecule has 2 aromatic rings. The van der Waals surface area contributed by atoms with Gasteiger partial charge in [0.05, 0.1) is 16.1 Å². The highest BCUT2D eigenvalue weighted by atomic mass is 35.5. The van der Waals surface area contributed by atoms with E-state index in [4.69, 9.17) is 23.2 Å². The molecule has 3 heteroatoms. The third-order valence-corrected chi connectivity index (χ3v) is 3.44. The molecule has 0 aliphatic rings. The van der Waals surface area contributed by atoms with Crippen LogP contribution in [0.5, 0.6) is 0 Å². The van der Waals surface area contributed by atoms with E-state index in [1.165, 1.54) is 5.56 Å². The molecule has 0 saturated heterocycles. The molecule has 0 aliphatic heterocycles. The Kier molecular flexibility index (Phi) is 4.06. The van der Waals surface area contributed by atoms with Gasteiger partial charge in [-0.25, -0.2) is 0 Å². The number of hydrogen-bond acceptors (Lipinski definition) is 1. The molecule has 0 fully saturated rings. The van der Waals surface area contributed by atoms with Crippen molar-refractivity contribution in [2.24, 2.45) is 0 Å². The first-order valence-electron chi connectivity index (χ1n) is 5.39. The van der Waals surface area contributed by atoms with Crippen molar-refractivity contribution in [3.63, 3.8) is 0 Å². The van der Waals surface area contributed by atoms with Crippen LogP contribution in [0.2, 0.25) is 10.0 Å². The summed E-state index contributed by atoms with van der Waals surface area (Å²) >= 11 is 12.0. The smallest absolute Gasteiger partial charge is 0.0595 e. The van der Waals surface area contributed by atoms with E-state index in [-0.39, 0.29) is 6.04 Å². The van der Waals surface area contributed by atoms with Gasteiger partial charge in [0.2, 0.25) is 0 Å². The minimum atomic E-state index is 0.131. The van der Waals surface area contributed by atoms with Crippen LogP contribution in [0, 0.1) is 0 Å². The third-order valence-electron chi connectivity index (χ3n) is 2.70. The molecule has 1 atom stereocenters. The van der Waals surface area contributed by atoms with E-state index in [0.29, 0.717) is 10.0 Å². The van der Waals surface area contributed by atoms with Gasteiger partial charge in [-0.15, -0.1) is 0 Å². The van der Waals surface area contributed by atoms with Gasteiger partial charge >= 0.3 is 0 Å². The van der Waals surface area contributed by atoms with E-state index in [2.05, 4.69) is 17.4 Å². The summed E-state index contributed by atoms with van der Waals surface area (Å²) in [7, 11) is 1.93. The maximum Gasteiger partial charge on any atom is 0.0595 e. The van der Waals surface area contributed by atoms with Crippen molar-refractivity contribution in [2.45, 2.75) is 6.04 Å². The van der Waals surface area contributed by atoms with Crippen molar-refractivity contribution in [1.29, 1.82) is 0 Å². The van der Waals surface area contributed by atoms with Gasteiger partial charge in [-0.2, -0.15) is 0 Å². The molecule has 1 unspecified atom stereocenters. The summed E-state index contributed by atoms with van der Waals surface area (Å²) in [6.07, 6.45) is 0. The van der Waals surface area contributed by atoms with Crippen LogP contribution in [0.1, 0.15) is 17.2 Å². The van der Waals surface area contributed by atoms with Gasteiger partial charge in [0.15, 0.2) is 0 Å². The molecule has 0 aromatic heterocycles. The number of rotatable bonds is 3. The number of benzene rings is 2. The summed E-state index contributed by atoms with van der Waals surface area (Å²) in [5.74, 6) is 0. The van der Waals surface area contributed by atoms with Gasteiger partial charge in [0.1, 0.15) is 0 Å². The highest BCUT2D eigenvalue weighted by Gasteiger charge is 2.12. The molecule has 1 nitrogen and oxygen atoms in total. The monoisotopic (exact) mass is 265 g/mol. The second-order valence-corrected chi connectivity index (χ2v) is 4.62. The maximum atomic E-state index is 6.04. The lowest BCUT2D eigenvalue weighted by Gasteiger charge is -2.17. The SMILES string of the molecule is CNC(c1ccccc1)c1ccc(Cl)c(Cl)c1. The molecule has 0 heterocycles. The Morgan fingerprint density at radius 2 is 1.59 bits per heavy atom. The summed E-state index contributed by atoms with van der Waals surface area (Å²) in [5, 5.41) is 4.45. The summed E-state index contributed by atoms with van der Waals surface area (Å²) < 4.78 is 0. The average molecular weight is 266 g/mol. The predicted molar refractivity (Wildman–Crippen MR) is 73.8 cm³/mol. The lowest BCUT2D eigenvalue weighted by atomic mass is 9.99. The highest BCUT2D eigenvalue weighted by Crippen LogP contribution is 2.28. The van der Waals surface area contributed by atoms with Gasteiger partial charge < -0.3 is 5.32 Å². The van der Waals surface area contributed by atoms with Crippen LogP contribution in [-0.2, 0) is 0 Å². The van der Waals surface area contributed by atoms with E-state index >= 15 is 0 Å². The topological polar surface area (TPSA) is 12.0 Å². The van der Waals surface area contributed by atoms with Crippen molar-refractivity contribution in [3.8, 4) is 0 Å². The molecule has 0 spiro atoms. The fourth-order valence-electron chi connectivity index (χ4n) is 1.86. The van der Waals surface area contributed by atoms with E-state index < -0.39 is 0 Å². The minimum absolute atomic E-state index is 0.131. The fourth-order valence-corrected chi connectivity index (χ4v) is 2.17. The molecular weight excluding hydrogens is 253 g/mol. The highest BCUT2D eigenvalue weighted by molar-refractivity contribution is 6.42. The maximum absolute atomic E-state index is 6.04. The quantitative estimate of drug-likeness (QED) is 0.873. The lowest BCUT2D eigenvalue weighted by molar-refractivity contribution is 0.692. The molecular formula is C14H13Cl2N. The van der Waals surface area contributed by atoms with E-state index in [1.54, 1.807) is 0 Å². The molecule has 0 saturated carbocycles. The second-order valence-electron chi connectivity index (χ2n) is 3.81. The van der Waals surface area contributed by atoms with Crippen molar-refractivity contribution >= 4 is 23.2 Å². The molecule has 2 aromatic carbocycles. The minimum Gasteiger partial charge on any atom is -0.309 e. The van der Waals surface area contributed by atoms with Gasteiger partial charge in [-0.05, 0) is 30.3 Å². The Morgan fingerprint density at radius 1 is 0.882 bits per heavy atom. The van der Waals surface area contributed by atoms with E-state index in [0.717, 1.165) is 5.56 Å². The van der Waals surface area contributed by atoms with Crippen LogP contribution < -0.4 is 5.32 Å². The number of hydrogen-bond donors (Lipinski definition) is 1. The zero-order valence-corrected chi connectivity index (χ0v) is 11.0. The Bertz CT molecular complexity index is 497. The van der Waals surface area contributed by atoms with Crippen LogP contribution in [-0.4, -0.2) is 7.05 Å². The fraction of sp³-hybridized carbons (Fsp3) is 0.143. The Labute approximate surface area is 111 Å². The van der Waals surface area contributed by atoms with Gasteiger partial charge in [0, 0.05) is 0 Å². The van der Waals surface area contributed by atoms with Crippen LogP contribution >= 0.6 is 23.2 Å². The van der Waals surface area contributed by atoms with Crippen molar-refractivity contribution in [3.05, 3.63) is 69.7 Å². The molecule has 0 aliphatic carbocycles. The Hall–Kier alpha value is -1.02. The number of nitrogens with one attached hydrogen (secondary N) is 1. The van der Waals surface area contributed by atoms with Crippen LogP contribution in [0.3, 0.4) is 0 Å². The zero-order valence-electron chi connectivity index (χ0n) is 9.45. The molecule has 1 N–H and O–H groups in total. The standard InChI is InChI=1S/C14H13Cl2N/c1-17-14(10-5-3-2-4-6-10)11-7-8-12(15)13(16)9-11/h2-9,14,17H,1H3. The predicted octanol–water partition coefficient (Wildman–Crippen LogP) is 4.30. The van der Waals surface area contributed by atoms with Crippen LogP contribution in [0.25, 0.3) is 0 Å². The van der Waals surface area contributed by atoms with Crippen molar-refractivity contribution < 1.29 is 0 Å². The normalized spacial score (nSPS) is 12.4.